The molecule has 0 aliphatic carbocycles. The number of ether oxygens (including phenoxy) is 1. The Morgan fingerprint density at radius 3 is 2.76 bits per heavy atom. The number of hydrogen-bond donors (Lipinski definition) is 1. The van der Waals surface area contributed by atoms with E-state index in [1.54, 1.807) is 6.20 Å². The number of benzene rings is 1. The molecule has 152 valence electrons. The van der Waals surface area contributed by atoms with Gasteiger partial charge in [0.05, 0.1) is 24.5 Å². The molecule has 3 heterocycles. The Balaban J connectivity index is 0.00000240. The summed E-state index contributed by atoms with van der Waals surface area (Å²) in [6.45, 7) is 6.37. The molecule has 1 N–H and O–H groups in total. The van der Waals surface area contributed by atoms with Gasteiger partial charge < -0.3 is 15.0 Å². The van der Waals surface area contributed by atoms with Gasteiger partial charge in [-0.3, -0.25) is 4.79 Å². The Morgan fingerprint density at radius 1 is 1.21 bits per heavy atom. The van der Waals surface area contributed by atoms with Crippen LogP contribution in [0.3, 0.4) is 0 Å². The summed E-state index contributed by atoms with van der Waals surface area (Å²) in [4.78, 5) is 24.0. The lowest BCUT2D eigenvalue weighted by Crippen LogP contribution is -2.41. The fraction of sp³-hybridized carbons (Fsp3) is 0.318. The lowest BCUT2D eigenvalue weighted by atomic mass is 10.1. The van der Waals surface area contributed by atoms with Crippen molar-refractivity contribution in [2.75, 3.05) is 31.6 Å². The Bertz CT molecular complexity index is 1020. The number of halogens is 1. The second kappa shape index (κ2) is 9.20. The fourth-order valence-electron chi connectivity index (χ4n) is 3.42. The minimum atomic E-state index is -0.0348. The topological polar surface area (TPSA) is 67.4 Å². The van der Waals surface area contributed by atoms with Crippen molar-refractivity contribution in [3.63, 3.8) is 0 Å². The predicted octanol–water partition coefficient (Wildman–Crippen LogP) is 4.14. The Kier molecular flexibility index (Phi) is 6.67. The monoisotopic (exact) mass is 412 g/mol. The molecule has 1 aliphatic rings. The van der Waals surface area contributed by atoms with Crippen LogP contribution in [-0.2, 0) is 11.2 Å². The van der Waals surface area contributed by atoms with Gasteiger partial charge in [0.1, 0.15) is 0 Å². The van der Waals surface area contributed by atoms with Crippen LogP contribution in [-0.4, -0.2) is 47.1 Å². The zero-order valence-corrected chi connectivity index (χ0v) is 17.5. The van der Waals surface area contributed by atoms with Crippen molar-refractivity contribution < 1.29 is 9.53 Å². The molecule has 3 aromatic rings. The Hall–Kier alpha value is -2.70. The number of rotatable bonds is 4. The number of morpholine rings is 1. The molecule has 0 atom stereocenters. The Labute approximate surface area is 176 Å². The van der Waals surface area contributed by atoms with Crippen molar-refractivity contribution >= 4 is 40.7 Å². The zero-order chi connectivity index (χ0) is 19.5. The molecule has 7 heteroatoms. The molecule has 1 aromatic carbocycles. The van der Waals surface area contributed by atoms with Crippen LogP contribution in [0.25, 0.3) is 11.0 Å². The van der Waals surface area contributed by atoms with Crippen LogP contribution >= 0.6 is 12.4 Å². The summed E-state index contributed by atoms with van der Waals surface area (Å²) < 4.78 is 5.39. The lowest BCUT2D eigenvalue weighted by Gasteiger charge is -2.27. The molecule has 0 saturated carbocycles. The first-order valence-electron chi connectivity index (χ1n) is 9.65. The van der Waals surface area contributed by atoms with Gasteiger partial charge in [0.15, 0.2) is 5.65 Å². The fourth-order valence-corrected chi connectivity index (χ4v) is 3.42. The van der Waals surface area contributed by atoms with Crippen molar-refractivity contribution in [1.82, 2.24) is 14.9 Å². The number of carbonyl (C=O) groups excluding carboxylic acids is 1. The second-order valence-corrected chi connectivity index (χ2v) is 6.95. The summed E-state index contributed by atoms with van der Waals surface area (Å²) in [6, 6.07) is 12.2. The van der Waals surface area contributed by atoms with Crippen molar-refractivity contribution in [1.29, 1.82) is 0 Å². The van der Waals surface area contributed by atoms with Gasteiger partial charge >= 0.3 is 0 Å². The van der Waals surface area contributed by atoms with Crippen LogP contribution < -0.4 is 5.32 Å². The van der Waals surface area contributed by atoms with Crippen LogP contribution in [0.1, 0.15) is 28.5 Å². The molecule has 0 spiro atoms. The van der Waals surface area contributed by atoms with Crippen molar-refractivity contribution in [2.24, 2.45) is 0 Å². The molecule has 1 amide bonds. The van der Waals surface area contributed by atoms with E-state index < -0.39 is 0 Å². The standard InChI is InChI=1S/C22H24N4O2.ClH/c1-3-16-5-4-6-17(13-16)25-20-18-8-7-15(2)24-21(18)23-14-19(20)22(27)26-9-11-28-12-10-26;/h4-8,13-14H,3,9-12H2,1-2H3,(H,23,24,25);1H. The van der Waals surface area contributed by atoms with E-state index in [0.717, 1.165) is 28.9 Å². The second-order valence-electron chi connectivity index (χ2n) is 6.95. The van der Waals surface area contributed by atoms with E-state index >= 15 is 0 Å². The Morgan fingerprint density at radius 2 is 2.00 bits per heavy atom. The molecule has 0 unspecified atom stereocenters. The maximum absolute atomic E-state index is 13.2. The number of amides is 1. The molecule has 29 heavy (non-hydrogen) atoms. The molecule has 1 aliphatic heterocycles. The molecule has 2 aromatic heterocycles. The molecule has 1 fully saturated rings. The number of aromatic nitrogens is 2. The van der Waals surface area contributed by atoms with Gasteiger partial charge in [-0.1, -0.05) is 19.1 Å². The highest BCUT2D eigenvalue weighted by molar-refractivity contribution is 6.07. The van der Waals surface area contributed by atoms with E-state index in [2.05, 4.69) is 34.3 Å². The van der Waals surface area contributed by atoms with Gasteiger partial charge in [0, 0.05) is 36.1 Å². The van der Waals surface area contributed by atoms with Crippen molar-refractivity contribution in [3.8, 4) is 0 Å². The minimum Gasteiger partial charge on any atom is -0.378 e. The maximum atomic E-state index is 13.2. The lowest BCUT2D eigenvalue weighted by molar-refractivity contribution is 0.0303. The minimum absolute atomic E-state index is 0. The van der Waals surface area contributed by atoms with Crippen LogP contribution in [0.2, 0.25) is 0 Å². The molecule has 0 radical (unpaired) electrons. The molecular weight excluding hydrogens is 388 g/mol. The summed E-state index contributed by atoms with van der Waals surface area (Å²) in [6.07, 6.45) is 2.59. The number of pyridine rings is 2. The largest absolute Gasteiger partial charge is 0.378 e. The highest BCUT2D eigenvalue weighted by atomic mass is 35.5. The molecule has 0 bridgehead atoms. The third kappa shape index (κ3) is 4.49. The summed E-state index contributed by atoms with van der Waals surface area (Å²) in [5.41, 5.74) is 5.02. The van der Waals surface area contributed by atoms with Crippen LogP contribution in [0.15, 0.2) is 42.6 Å². The maximum Gasteiger partial charge on any atom is 0.257 e. The van der Waals surface area contributed by atoms with Crippen LogP contribution in [0.4, 0.5) is 11.4 Å². The average molecular weight is 413 g/mol. The molecule has 4 rings (SSSR count). The van der Waals surface area contributed by atoms with E-state index in [1.807, 2.05) is 36.1 Å². The molecular formula is C22H25ClN4O2. The van der Waals surface area contributed by atoms with Crippen molar-refractivity contribution in [3.05, 3.63) is 59.4 Å². The van der Waals surface area contributed by atoms with Gasteiger partial charge in [-0.05, 0) is 43.2 Å². The number of nitrogens with zero attached hydrogens (tertiary/aromatic N) is 3. The van der Waals surface area contributed by atoms with E-state index in [4.69, 9.17) is 4.74 Å². The first-order chi connectivity index (χ1) is 13.7. The van der Waals surface area contributed by atoms with Gasteiger partial charge in [-0.2, -0.15) is 0 Å². The highest BCUT2D eigenvalue weighted by Crippen LogP contribution is 2.30. The van der Waals surface area contributed by atoms with E-state index in [9.17, 15) is 4.79 Å². The zero-order valence-electron chi connectivity index (χ0n) is 16.6. The average Bonchev–Trinajstić information content (AvgIpc) is 2.74. The van der Waals surface area contributed by atoms with Gasteiger partial charge in [0.25, 0.3) is 5.91 Å². The number of hydrogen-bond acceptors (Lipinski definition) is 5. The summed E-state index contributed by atoms with van der Waals surface area (Å²) in [5, 5.41) is 4.31. The normalized spacial score (nSPS) is 13.8. The van der Waals surface area contributed by atoms with E-state index in [1.165, 1.54) is 5.56 Å². The summed E-state index contributed by atoms with van der Waals surface area (Å²) >= 11 is 0. The number of carbonyl (C=O) groups is 1. The van der Waals surface area contributed by atoms with Gasteiger partial charge in [-0.15, -0.1) is 12.4 Å². The number of anilines is 2. The smallest absolute Gasteiger partial charge is 0.257 e. The number of nitrogens with one attached hydrogen (secondary N) is 1. The number of aryl methyl sites for hydroxylation is 2. The summed E-state index contributed by atoms with van der Waals surface area (Å²) in [5.74, 6) is -0.0348. The third-order valence-corrected chi connectivity index (χ3v) is 5.00. The highest BCUT2D eigenvalue weighted by Gasteiger charge is 2.23. The van der Waals surface area contributed by atoms with E-state index in [0.29, 0.717) is 37.5 Å². The predicted molar refractivity (Wildman–Crippen MR) is 117 cm³/mol. The van der Waals surface area contributed by atoms with Gasteiger partial charge in [0.2, 0.25) is 0 Å². The first-order valence-corrected chi connectivity index (χ1v) is 9.65. The number of fused-ring (bicyclic) bond motifs is 1. The third-order valence-electron chi connectivity index (χ3n) is 5.00. The quantitative estimate of drug-likeness (QED) is 0.697. The van der Waals surface area contributed by atoms with Crippen LogP contribution in [0, 0.1) is 6.92 Å². The SMILES string of the molecule is CCc1cccc(Nc2c(C(=O)N3CCOCC3)cnc3nc(C)ccc23)c1.Cl. The van der Waals surface area contributed by atoms with Crippen LogP contribution in [0.5, 0.6) is 0 Å². The van der Waals surface area contributed by atoms with E-state index in [-0.39, 0.29) is 18.3 Å². The first kappa shape index (κ1) is 21.0. The molecule has 1 saturated heterocycles. The summed E-state index contributed by atoms with van der Waals surface area (Å²) in [7, 11) is 0. The molecule has 6 nitrogen and oxygen atoms in total. The van der Waals surface area contributed by atoms with Crippen molar-refractivity contribution in [2.45, 2.75) is 20.3 Å². The van der Waals surface area contributed by atoms with Gasteiger partial charge in [-0.25, -0.2) is 9.97 Å².